The van der Waals surface area contributed by atoms with Crippen LogP contribution < -0.4 is 0 Å². The fourth-order valence-electron chi connectivity index (χ4n) is 8.85. The van der Waals surface area contributed by atoms with Gasteiger partial charge in [0.1, 0.15) is 11.2 Å². The summed E-state index contributed by atoms with van der Waals surface area (Å²) in [5, 5.41) is 6.75. The largest absolute Gasteiger partial charge is 0.456 e. The molecule has 0 radical (unpaired) electrons. The van der Waals surface area contributed by atoms with Gasteiger partial charge in [-0.05, 0) is 97.6 Å². The maximum atomic E-state index is 6.52. The van der Waals surface area contributed by atoms with E-state index in [1.54, 1.807) is 0 Å². The van der Waals surface area contributed by atoms with Crippen LogP contribution in [0.1, 0.15) is 23.4 Å². The van der Waals surface area contributed by atoms with E-state index in [1.807, 2.05) is 30.3 Å². The molecule has 11 rings (SSSR count). The number of benzene rings is 7. The summed E-state index contributed by atoms with van der Waals surface area (Å²) < 4.78 is 6.52. The number of nitrogens with zero attached hydrogens (tertiary/aromatic N) is 3. The third-order valence-electron chi connectivity index (χ3n) is 12.1. The van der Waals surface area contributed by atoms with Crippen LogP contribution in [0.4, 0.5) is 0 Å². The van der Waals surface area contributed by atoms with Crippen molar-refractivity contribution in [1.29, 1.82) is 0 Å². The number of fused-ring (bicyclic) bond motifs is 7. The topological polar surface area (TPSA) is 51.8 Å². The molecular formula is C58H41N3O. The molecule has 0 aliphatic heterocycles. The van der Waals surface area contributed by atoms with Crippen LogP contribution in [0.2, 0.25) is 0 Å². The van der Waals surface area contributed by atoms with Crippen LogP contribution in [0.15, 0.2) is 223 Å². The summed E-state index contributed by atoms with van der Waals surface area (Å²) in [7, 11) is 0. The first kappa shape index (κ1) is 37.1. The lowest BCUT2D eigenvalue weighted by atomic mass is 9.84. The van der Waals surface area contributed by atoms with Crippen molar-refractivity contribution in [2.24, 2.45) is 5.92 Å². The van der Waals surface area contributed by atoms with Crippen molar-refractivity contribution in [3.63, 3.8) is 0 Å². The second kappa shape index (κ2) is 15.9. The van der Waals surface area contributed by atoms with E-state index in [0.29, 0.717) is 17.5 Å². The number of hydrogen-bond donors (Lipinski definition) is 0. The van der Waals surface area contributed by atoms with Crippen molar-refractivity contribution in [3.05, 3.63) is 235 Å². The van der Waals surface area contributed by atoms with E-state index in [-0.39, 0.29) is 5.92 Å². The molecular weight excluding hydrogens is 755 g/mol. The second-order valence-corrected chi connectivity index (χ2v) is 16.0. The van der Waals surface area contributed by atoms with E-state index in [4.69, 9.17) is 19.4 Å². The molecule has 0 fully saturated rings. The fraction of sp³-hybridized carbons (Fsp3) is 0.0517. The Labute approximate surface area is 360 Å². The molecule has 0 amide bonds. The van der Waals surface area contributed by atoms with Crippen LogP contribution in [-0.2, 0) is 6.42 Å². The van der Waals surface area contributed by atoms with E-state index in [9.17, 15) is 0 Å². The van der Waals surface area contributed by atoms with Gasteiger partial charge < -0.3 is 4.42 Å². The van der Waals surface area contributed by atoms with Crippen LogP contribution in [0, 0.1) is 5.92 Å². The molecule has 0 bridgehead atoms. The summed E-state index contributed by atoms with van der Waals surface area (Å²) in [6, 6.07) is 51.0. The molecule has 7 aromatic carbocycles. The van der Waals surface area contributed by atoms with Gasteiger partial charge in [-0.1, -0.05) is 189 Å². The lowest BCUT2D eigenvalue weighted by Gasteiger charge is -2.22. The molecule has 294 valence electrons. The summed E-state index contributed by atoms with van der Waals surface area (Å²) in [5.74, 6) is 2.20. The number of rotatable bonds is 9. The minimum atomic E-state index is 0.269. The van der Waals surface area contributed by atoms with Gasteiger partial charge >= 0.3 is 0 Å². The molecule has 2 aliphatic rings. The van der Waals surface area contributed by atoms with Crippen molar-refractivity contribution in [3.8, 4) is 33.9 Å². The van der Waals surface area contributed by atoms with Crippen molar-refractivity contribution in [1.82, 2.24) is 15.0 Å². The summed E-state index contributed by atoms with van der Waals surface area (Å²) in [6.45, 7) is 4.22. The van der Waals surface area contributed by atoms with Gasteiger partial charge in [-0.2, -0.15) is 0 Å². The van der Waals surface area contributed by atoms with Crippen LogP contribution in [0.3, 0.4) is 0 Å². The summed E-state index contributed by atoms with van der Waals surface area (Å²) in [6.07, 6.45) is 23.1. The van der Waals surface area contributed by atoms with Crippen LogP contribution in [0.25, 0.3) is 88.5 Å². The predicted molar refractivity (Wildman–Crippen MR) is 258 cm³/mol. The van der Waals surface area contributed by atoms with Crippen LogP contribution in [0.5, 0.6) is 0 Å². The molecule has 2 aliphatic carbocycles. The summed E-state index contributed by atoms with van der Waals surface area (Å²) in [4.78, 5) is 16.1. The Morgan fingerprint density at radius 3 is 2.26 bits per heavy atom. The molecule has 9 aromatic rings. The van der Waals surface area contributed by atoms with E-state index < -0.39 is 0 Å². The molecule has 2 aromatic heterocycles. The Kier molecular flexibility index (Phi) is 9.51. The molecule has 4 heteroatoms. The van der Waals surface area contributed by atoms with Gasteiger partial charge in [0.15, 0.2) is 17.5 Å². The minimum absolute atomic E-state index is 0.269. The summed E-state index contributed by atoms with van der Waals surface area (Å²) >= 11 is 0. The Hall–Kier alpha value is -7.95. The maximum Gasteiger partial charge on any atom is 0.165 e. The van der Waals surface area contributed by atoms with Crippen molar-refractivity contribution in [2.75, 3.05) is 0 Å². The van der Waals surface area contributed by atoms with Gasteiger partial charge in [-0.25, -0.2) is 15.0 Å². The fourth-order valence-corrected chi connectivity index (χ4v) is 8.85. The minimum Gasteiger partial charge on any atom is -0.456 e. The van der Waals surface area contributed by atoms with Crippen molar-refractivity contribution >= 4 is 54.6 Å². The zero-order chi connectivity index (χ0) is 41.4. The molecule has 62 heavy (non-hydrogen) atoms. The van der Waals surface area contributed by atoms with Gasteiger partial charge in [0, 0.05) is 27.8 Å². The second-order valence-electron chi connectivity index (χ2n) is 16.0. The number of hydrogen-bond acceptors (Lipinski definition) is 4. The first-order valence-corrected chi connectivity index (χ1v) is 21.2. The van der Waals surface area contributed by atoms with Gasteiger partial charge in [0.2, 0.25) is 0 Å². The van der Waals surface area contributed by atoms with Crippen LogP contribution in [-0.4, -0.2) is 15.0 Å². The number of allylic oxidation sites excluding steroid dienone is 13. The Morgan fingerprint density at radius 2 is 1.37 bits per heavy atom. The predicted octanol–water partition coefficient (Wildman–Crippen LogP) is 14.9. The number of para-hydroxylation sites is 1. The van der Waals surface area contributed by atoms with Crippen molar-refractivity contribution < 1.29 is 4.42 Å². The molecule has 0 saturated carbocycles. The first-order valence-electron chi connectivity index (χ1n) is 21.2. The van der Waals surface area contributed by atoms with E-state index >= 15 is 0 Å². The highest BCUT2D eigenvalue weighted by atomic mass is 16.3. The molecule has 0 saturated heterocycles. The smallest absolute Gasteiger partial charge is 0.165 e. The van der Waals surface area contributed by atoms with Crippen LogP contribution >= 0.6 is 0 Å². The number of furan rings is 1. The average Bonchev–Trinajstić information content (AvgIpc) is 3.72. The van der Waals surface area contributed by atoms with Gasteiger partial charge in [-0.15, -0.1) is 0 Å². The maximum absolute atomic E-state index is 6.52. The zero-order valence-electron chi connectivity index (χ0n) is 34.1. The van der Waals surface area contributed by atoms with E-state index in [2.05, 4.69) is 183 Å². The lowest BCUT2D eigenvalue weighted by Crippen LogP contribution is -2.10. The third-order valence-corrected chi connectivity index (χ3v) is 12.1. The molecule has 1 atom stereocenters. The van der Waals surface area contributed by atoms with E-state index in [0.717, 1.165) is 73.7 Å². The molecule has 2 heterocycles. The standard InChI is InChI=1S/C58H41N3O/c1-38(40-16-6-3-7-17-40)14-4-2-5-15-39-24-26-43(27-25-39)49-34-35-53-54(50-22-12-13-23-52(50)62-53)55(49)58-60-56(46-32-28-41-18-8-9-20-45(41)36-46)59-57(61-58)47-33-31-44-30-29-42-19-10-11-21-48(42)51(44)37-47/h2-14,16-35,37,45H,1,15,36H2/b5-2-,14-4-. The monoisotopic (exact) mass is 795 g/mol. The van der Waals surface area contributed by atoms with E-state index in [1.165, 1.54) is 32.7 Å². The highest BCUT2D eigenvalue weighted by Crippen LogP contribution is 2.43. The molecule has 1 unspecified atom stereocenters. The van der Waals surface area contributed by atoms with Crippen molar-refractivity contribution in [2.45, 2.75) is 12.8 Å². The molecule has 4 nitrogen and oxygen atoms in total. The quantitative estimate of drug-likeness (QED) is 0.108. The zero-order valence-corrected chi connectivity index (χ0v) is 34.1. The average molecular weight is 796 g/mol. The Balaban J connectivity index is 1.04. The highest BCUT2D eigenvalue weighted by molar-refractivity contribution is 6.15. The number of aromatic nitrogens is 3. The highest BCUT2D eigenvalue weighted by Gasteiger charge is 2.25. The molecule has 0 N–H and O–H groups in total. The Bertz CT molecular complexity index is 3410. The normalized spacial score (nSPS) is 14.9. The van der Waals surface area contributed by atoms with Gasteiger partial charge in [-0.3, -0.25) is 0 Å². The van der Waals surface area contributed by atoms with Gasteiger partial charge in [0.05, 0.1) is 0 Å². The molecule has 0 spiro atoms. The lowest BCUT2D eigenvalue weighted by molar-refractivity contribution is 0.669. The van der Waals surface area contributed by atoms with Gasteiger partial charge in [0.25, 0.3) is 0 Å². The first-order chi connectivity index (χ1) is 30.6. The summed E-state index contributed by atoms with van der Waals surface area (Å²) in [5.41, 5.74) is 11.3. The SMILES string of the molecule is C=C(/C=C\C=C/Cc1ccc(-c2ccc3oc4ccccc4c3c2-c2nc(C3=CC=C4C=CC=CC4C3)nc(-c3ccc4ccc5ccccc5c4c3)n2)cc1)c1ccccc1. The Morgan fingerprint density at radius 1 is 0.629 bits per heavy atom. The third kappa shape index (κ3) is 7.02.